The normalized spacial score (nSPS) is 15.9. The van der Waals surface area contributed by atoms with Gasteiger partial charge in [-0.15, -0.1) is 0 Å². The second kappa shape index (κ2) is 5.75. The number of nitrogens with one attached hydrogen (secondary N) is 1. The van der Waals surface area contributed by atoms with E-state index in [-0.39, 0.29) is 5.43 Å². The van der Waals surface area contributed by atoms with E-state index >= 15 is 0 Å². The topological polar surface area (TPSA) is 83.6 Å². The van der Waals surface area contributed by atoms with Crippen LogP contribution in [0.25, 0.3) is 10.9 Å². The van der Waals surface area contributed by atoms with Crippen LogP contribution in [-0.2, 0) is 0 Å². The van der Waals surface area contributed by atoms with Gasteiger partial charge in [0.15, 0.2) is 5.43 Å². The number of H-pyrrole nitrogens is 1. The van der Waals surface area contributed by atoms with Crippen LogP contribution in [0.15, 0.2) is 33.0 Å². The number of amidine groups is 2. The molecule has 5 heteroatoms. The Morgan fingerprint density at radius 3 is 2.86 bits per heavy atom. The minimum atomic E-state index is -0.00353. The van der Waals surface area contributed by atoms with E-state index < -0.39 is 0 Å². The Hall–Kier alpha value is -2.43. The van der Waals surface area contributed by atoms with Gasteiger partial charge in [0.2, 0.25) is 0 Å². The van der Waals surface area contributed by atoms with E-state index in [2.05, 4.69) is 15.0 Å². The number of aromatic amines is 1. The highest BCUT2D eigenvalue weighted by atomic mass is 16.1. The molecule has 1 aliphatic rings. The molecule has 0 radical (unpaired) electrons. The summed E-state index contributed by atoms with van der Waals surface area (Å²) in [6, 6.07) is 5.76. The summed E-state index contributed by atoms with van der Waals surface area (Å²) in [6.45, 7) is 4.55. The molecule has 1 aromatic heterocycles. The standard InChI is InChI=1S/C17H20N4O/c1-10-6-7-13-12(9-10)16(22)11(2)15(20-13)17(18)21-14-5-3-4-8-19-14/h6-7,9H,3-5,8H2,1-2H3,(H,20,22)(H2,18,19,21). The van der Waals surface area contributed by atoms with Gasteiger partial charge < -0.3 is 10.7 Å². The van der Waals surface area contributed by atoms with Crippen molar-refractivity contribution < 1.29 is 0 Å². The molecule has 0 bridgehead atoms. The maximum Gasteiger partial charge on any atom is 0.193 e. The Labute approximate surface area is 129 Å². The van der Waals surface area contributed by atoms with Crippen LogP contribution in [0.4, 0.5) is 0 Å². The number of aromatic nitrogens is 1. The van der Waals surface area contributed by atoms with E-state index in [1.165, 1.54) is 0 Å². The first-order valence-corrected chi connectivity index (χ1v) is 7.57. The molecule has 0 fully saturated rings. The van der Waals surface area contributed by atoms with E-state index in [0.29, 0.717) is 22.5 Å². The van der Waals surface area contributed by atoms with Crippen LogP contribution in [0.5, 0.6) is 0 Å². The van der Waals surface area contributed by atoms with Gasteiger partial charge in [0, 0.05) is 29.4 Å². The minimum absolute atomic E-state index is 0.00353. The zero-order chi connectivity index (χ0) is 15.7. The SMILES string of the molecule is Cc1ccc2[nH]c(C(N)=NC3=NCCCC3)c(C)c(=O)c2c1. The second-order valence-electron chi connectivity index (χ2n) is 5.76. The average Bonchev–Trinajstić information content (AvgIpc) is 2.52. The van der Waals surface area contributed by atoms with Gasteiger partial charge in [-0.1, -0.05) is 11.6 Å². The van der Waals surface area contributed by atoms with Crippen molar-refractivity contribution in [2.24, 2.45) is 15.7 Å². The first kappa shape index (κ1) is 14.5. The van der Waals surface area contributed by atoms with E-state index in [4.69, 9.17) is 5.73 Å². The fourth-order valence-corrected chi connectivity index (χ4v) is 2.72. The summed E-state index contributed by atoms with van der Waals surface area (Å²) in [5.41, 5.74) is 9.13. The number of nitrogens with zero attached hydrogens (tertiary/aromatic N) is 2. The van der Waals surface area contributed by atoms with Crippen LogP contribution in [0.2, 0.25) is 0 Å². The molecule has 5 nitrogen and oxygen atoms in total. The fraction of sp³-hybridized carbons (Fsp3) is 0.353. The molecule has 0 unspecified atom stereocenters. The highest BCUT2D eigenvalue weighted by molar-refractivity contribution is 6.06. The van der Waals surface area contributed by atoms with Gasteiger partial charge in [-0.05, 0) is 38.8 Å². The number of pyridine rings is 1. The van der Waals surface area contributed by atoms with Gasteiger partial charge in [0.1, 0.15) is 11.7 Å². The molecule has 0 atom stereocenters. The Bertz CT molecular complexity index is 846. The molecule has 3 rings (SSSR count). The molecule has 0 aliphatic carbocycles. The van der Waals surface area contributed by atoms with Gasteiger partial charge in [-0.2, -0.15) is 0 Å². The third-order valence-electron chi connectivity index (χ3n) is 4.00. The lowest BCUT2D eigenvalue weighted by Gasteiger charge is -2.11. The van der Waals surface area contributed by atoms with Crippen LogP contribution >= 0.6 is 0 Å². The molecular weight excluding hydrogens is 276 g/mol. The predicted octanol–water partition coefficient (Wildman–Crippen LogP) is 2.43. The lowest BCUT2D eigenvalue weighted by atomic mass is 10.1. The zero-order valence-electron chi connectivity index (χ0n) is 12.9. The third-order valence-corrected chi connectivity index (χ3v) is 4.00. The van der Waals surface area contributed by atoms with Gasteiger partial charge in [0.05, 0.1) is 5.69 Å². The summed E-state index contributed by atoms with van der Waals surface area (Å²) in [7, 11) is 0. The van der Waals surface area contributed by atoms with E-state index in [9.17, 15) is 4.79 Å². The van der Waals surface area contributed by atoms with Crippen LogP contribution < -0.4 is 11.2 Å². The predicted molar refractivity (Wildman–Crippen MR) is 90.9 cm³/mol. The number of aryl methyl sites for hydroxylation is 1. The summed E-state index contributed by atoms with van der Waals surface area (Å²) in [6.07, 6.45) is 3.03. The van der Waals surface area contributed by atoms with Crippen molar-refractivity contribution in [2.75, 3.05) is 6.54 Å². The summed E-state index contributed by atoms with van der Waals surface area (Å²) >= 11 is 0. The lowest BCUT2D eigenvalue weighted by Crippen LogP contribution is -2.23. The Morgan fingerprint density at radius 2 is 2.14 bits per heavy atom. The molecule has 0 saturated heterocycles. The zero-order valence-corrected chi connectivity index (χ0v) is 12.9. The van der Waals surface area contributed by atoms with Crippen molar-refractivity contribution in [2.45, 2.75) is 33.1 Å². The van der Waals surface area contributed by atoms with Crippen LogP contribution in [-0.4, -0.2) is 23.2 Å². The molecule has 22 heavy (non-hydrogen) atoms. The van der Waals surface area contributed by atoms with Gasteiger partial charge >= 0.3 is 0 Å². The third kappa shape index (κ3) is 2.66. The average molecular weight is 296 g/mol. The Morgan fingerprint density at radius 1 is 1.32 bits per heavy atom. The molecule has 1 aromatic carbocycles. The largest absolute Gasteiger partial charge is 0.382 e. The molecule has 2 heterocycles. The maximum atomic E-state index is 12.5. The number of fused-ring (bicyclic) bond motifs is 1. The number of rotatable bonds is 1. The number of nitrogens with two attached hydrogens (primary N) is 1. The number of aliphatic imine (C=N–C) groups is 2. The molecule has 0 saturated carbocycles. The van der Waals surface area contributed by atoms with Crippen molar-refractivity contribution in [3.05, 3.63) is 45.2 Å². The van der Waals surface area contributed by atoms with Crippen molar-refractivity contribution in [3.63, 3.8) is 0 Å². The maximum absolute atomic E-state index is 12.5. The molecular formula is C17H20N4O. The minimum Gasteiger partial charge on any atom is -0.382 e. The summed E-state index contributed by atoms with van der Waals surface area (Å²) < 4.78 is 0. The van der Waals surface area contributed by atoms with Crippen molar-refractivity contribution in [3.8, 4) is 0 Å². The molecule has 3 N–H and O–H groups in total. The first-order valence-electron chi connectivity index (χ1n) is 7.57. The summed E-state index contributed by atoms with van der Waals surface area (Å²) in [5.74, 6) is 1.10. The first-order chi connectivity index (χ1) is 10.6. The summed E-state index contributed by atoms with van der Waals surface area (Å²) in [5, 5.41) is 0.684. The van der Waals surface area contributed by atoms with E-state index in [1.807, 2.05) is 25.1 Å². The molecule has 0 spiro atoms. The van der Waals surface area contributed by atoms with Crippen LogP contribution in [0, 0.1) is 13.8 Å². The van der Waals surface area contributed by atoms with Crippen molar-refractivity contribution >= 4 is 22.6 Å². The van der Waals surface area contributed by atoms with Gasteiger partial charge in [-0.3, -0.25) is 9.79 Å². The number of benzene rings is 1. The number of hydrogen-bond donors (Lipinski definition) is 2. The van der Waals surface area contributed by atoms with Crippen LogP contribution in [0.3, 0.4) is 0 Å². The highest BCUT2D eigenvalue weighted by Crippen LogP contribution is 2.14. The van der Waals surface area contributed by atoms with Gasteiger partial charge in [-0.25, -0.2) is 4.99 Å². The quantitative estimate of drug-likeness (QED) is 0.625. The van der Waals surface area contributed by atoms with Crippen molar-refractivity contribution in [1.82, 2.24) is 4.98 Å². The van der Waals surface area contributed by atoms with E-state index in [1.54, 1.807) is 6.92 Å². The molecule has 114 valence electrons. The highest BCUT2D eigenvalue weighted by Gasteiger charge is 2.13. The van der Waals surface area contributed by atoms with Crippen LogP contribution in [0.1, 0.15) is 36.1 Å². The molecule has 0 amide bonds. The second-order valence-corrected chi connectivity index (χ2v) is 5.76. The summed E-state index contributed by atoms with van der Waals surface area (Å²) in [4.78, 5) is 24.6. The molecule has 2 aromatic rings. The Balaban J connectivity index is 2.13. The molecule has 1 aliphatic heterocycles. The number of hydrogen-bond acceptors (Lipinski definition) is 3. The fourth-order valence-electron chi connectivity index (χ4n) is 2.72. The van der Waals surface area contributed by atoms with Gasteiger partial charge in [0.25, 0.3) is 0 Å². The monoisotopic (exact) mass is 296 g/mol. The van der Waals surface area contributed by atoms with E-state index in [0.717, 1.165) is 42.7 Å². The smallest absolute Gasteiger partial charge is 0.193 e. The Kier molecular flexibility index (Phi) is 3.79. The lowest BCUT2D eigenvalue weighted by molar-refractivity contribution is 0.733. The van der Waals surface area contributed by atoms with Crippen molar-refractivity contribution in [1.29, 1.82) is 0 Å².